The van der Waals surface area contributed by atoms with Crippen LogP contribution in [-0.4, -0.2) is 22.1 Å². The fourth-order valence-electron chi connectivity index (χ4n) is 1.73. The number of carbonyl (C=O) groups is 1. The molecule has 92 valence electrons. The summed E-state index contributed by atoms with van der Waals surface area (Å²) < 4.78 is 26.2. The summed E-state index contributed by atoms with van der Waals surface area (Å²) in [6.45, 7) is 0. The van der Waals surface area contributed by atoms with E-state index in [-0.39, 0.29) is 5.56 Å². The van der Waals surface area contributed by atoms with E-state index in [1.54, 1.807) is 12.1 Å². The molecule has 1 unspecified atom stereocenters. The van der Waals surface area contributed by atoms with Gasteiger partial charge in [-0.2, -0.15) is 8.78 Å². The van der Waals surface area contributed by atoms with Crippen molar-refractivity contribution in [3.63, 3.8) is 0 Å². The Balaban J connectivity index is 2.27. The molecule has 0 aliphatic heterocycles. The molecule has 0 heterocycles. The zero-order valence-corrected chi connectivity index (χ0v) is 8.94. The van der Waals surface area contributed by atoms with Crippen LogP contribution in [0.4, 0.5) is 8.78 Å². The van der Waals surface area contributed by atoms with Crippen LogP contribution in [0.25, 0.3) is 0 Å². The van der Waals surface area contributed by atoms with Crippen LogP contribution in [0.5, 0.6) is 0 Å². The molecule has 0 amide bonds. The lowest BCUT2D eigenvalue weighted by atomic mass is 9.99. The average molecular weight is 242 g/mol. The maximum atomic E-state index is 13.1. The lowest BCUT2D eigenvalue weighted by molar-refractivity contribution is -0.182. The zero-order chi connectivity index (χ0) is 12.6. The van der Waals surface area contributed by atoms with Gasteiger partial charge in [0.25, 0.3) is 0 Å². The van der Waals surface area contributed by atoms with Crippen molar-refractivity contribution < 1.29 is 23.8 Å². The summed E-state index contributed by atoms with van der Waals surface area (Å²) >= 11 is 0. The molecule has 0 saturated heterocycles. The molecule has 2 rings (SSSR count). The van der Waals surface area contributed by atoms with Gasteiger partial charge in [-0.3, -0.25) is 0 Å². The van der Waals surface area contributed by atoms with Gasteiger partial charge >= 0.3 is 11.9 Å². The van der Waals surface area contributed by atoms with Crippen LogP contribution in [0.15, 0.2) is 24.3 Å². The van der Waals surface area contributed by atoms with Gasteiger partial charge in [-0.15, -0.1) is 0 Å². The molecule has 17 heavy (non-hydrogen) atoms. The van der Waals surface area contributed by atoms with Crippen molar-refractivity contribution in [3.05, 3.63) is 35.4 Å². The third-order valence-electron chi connectivity index (χ3n) is 2.90. The molecule has 1 aliphatic carbocycles. The molecule has 1 saturated carbocycles. The van der Waals surface area contributed by atoms with Crippen LogP contribution in [0, 0.1) is 0 Å². The molecule has 0 radical (unpaired) electrons. The van der Waals surface area contributed by atoms with Gasteiger partial charge in [0.15, 0.2) is 6.10 Å². The third-order valence-corrected chi connectivity index (χ3v) is 2.90. The third kappa shape index (κ3) is 2.29. The van der Waals surface area contributed by atoms with Gasteiger partial charge in [0, 0.05) is 0 Å². The highest BCUT2D eigenvalue weighted by atomic mass is 19.3. The van der Waals surface area contributed by atoms with Gasteiger partial charge in [0.05, 0.1) is 0 Å². The van der Waals surface area contributed by atoms with Crippen LogP contribution < -0.4 is 0 Å². The average Bonchev–Trinajstić information content (AvgIpc) is 3.11. The van der Waals surface area contributed by atoms with Gasteiger partial charge in [-0.1, -0.05) is 24.3 Å². The molecule has 2 N–H and O–H groups in total. The van der Waals surface area contributed by atoms with Crippen molar-refractivity contribution in [3.8, 4) is 0 Å². The Labute approximate surface area is 96.7 Å². The predicted octanol–water partition coefficient (Wildman–Crippen LogP) is 2.32. The SMILES string of the molecule is O=C(O)C(F)(F)C(O)c1cccc(C2CC2)c1. The van der Waals surface area contributed by atoms with Gasteiger partial charge < -0.3 is 10.2 Å². The molecule has 1 aromatic rings. The summed E-state index contributed by atoms with van der Waals surface area (Å²) in [6.07, 6.45) is -0.289. The predicted molar refractivity (Wildman–Crippen MR) is 56.0 cm³/mol. The number of carboxylic acid groups (broad SMARTS) is 1. The topological polar surface area (TPSA) is 57.5 Å². The summed E-state index contributed by atoms with van der Waals surface area (Å²) in [5.41, 5.74) is 0.824. The van der Waals surface area contributed by atoms with E-state index in [0.29, 0.717) is 5.92 Å². The van der Waals surface area contributed by atoms with Gasteiger partial charge in [0.1, 0.15) is 0 Å². The molecular formula is C12H12F2O3. The smallest absolute Gasteiger partial charge is 0.377 e. The first kappa shape index (κ1) is 12.0. The summed E-state index contributed by atoms with van der Waals surface area (Å²) in [7, 11) is 0. The molecule has 1 fully saturated rings. The lowest BCUT2D eigenvalue weighted by Gasteiger charge is -2.19. The molecule has 5 heteroatoms. The van der Waals surface area contributed by atoms with Crippen LogP contribution >= 0.6 is 0 Å². The first-order valence-electron chi connectivity index (χ1n) is 5.32. The number of hydrogen-bond acceptors (Lipinski definition) is 2. The highest BCUT2D eigenvalue weighted by molar-refractivity contribution is 5.76. The van der Waals surface area contributed by atoms with E-state index >= 15 is 0 Å². The van der Waals surface area contributed by atoms with E-state index in [1.165, 1.54) is 12.1 Å². The van der Waals surface area contributed by atoms with Crippen LogP contribution in [0.3, 0.4) is 0 Å². The minimum absolute atomic E-state index is 0.0539. The Morgan fingerprint density at radius 1 is 1.41 bits per heavy atom. The van der Waals surface area contributed by atoms with Crippen molar-refractivity contribution in [1.82, 2.24) is 0 Å². The van der Waals surface area contributed by atoms with Crippen molar-refractivity contribution in [2.45, 2.75) is 30.8 Å². The molecule has 0 aromatic heterocycles. The Bertz CT molecular complexity index is 441. The Hall–Kier alpha value is -1.49. The van der Waals surface area contributed by atoms with Gasteiger partial charge in [0.2, 0.25) is 0 Å². The quantitative estimate of drug-likeness (QED) is 0.851. The second-order valence-corrected chi connectivity index (χ2v) is 4.28. The maximum absolute atomic E-state index is 13.1. The van der Waals surface area contributed by atoms with Crippen molar-refractivity contribution >= 4 is 5.97 Å². The van der Waals surface area contributed by atoms with Crippen LogP contribution in [-0.2, 0) is 4.79 Å². The summed E-state index contributed by atoms with van der Waals surface area (Å²) in [5.74, 6) is -6.12. The number of rotatable bonds is 4. The minimum atomic E-state index is -4.16. The van der Waals surface area contributed by atoms with E-state index in [1.807, 2.05) is 0 Å². The number of aliphatic hydroxyl groups excluding tert-OH is 1. The summed E-state index contributed by atoms with van der Waals surface area (Å²) in [5, 5.41) is 17.8. The summed E-state index contributed by atoms with van der Waals surface area (Å²) in [4.78, 5) is 10.4. The molecule has 3 nitrogen and oxygen atoms in total. The van der Waals surface area contributed by atoms with Crippen LogP contribution in [0.1, 0.15) is 36.0 Å². The number of aliphatic hydroxyl groups is 1. The fraction of sp³-hybridized carbons (Fsp3) is 0.417. The van der Waals surface area contributed by atoms with E-state index in [9.17, 15) is 18.7 Å². The Kier molecular flexibility index (Phi) is 2.87. The van der Waals surface area contributed by atoms with E-state index < -0.39 is 18.0 Å². The first-order valence-corrected chi connectivity index (χ1v) is 5.32. The zero-order valence-electron chi connectivity index (χ0n) is 8.94. The minimum Gasteiger partial charge on any atom is -0.477 e. The second kappa shape index (κ2) is 4.07. The summed E-state index contributed by atoms with van der Waals surface area (Å²) in [6, 6.07) is 6.13. The highest BCUT2D eigenvalue weighted by Crippen LogP contribution is 2.41. The monoisotopic (exact) mass is 242 g/mol. The molecular weight excluding hydrogens is 230 g/mol. The number of halogens is 2. The lowest BCUT2D eigenvalue weighted by Crippen LogP contribution is -2.35. The number of hydrogen-bond donors (Lipinski definition) is 2. The van der Waals surface area contributed by atoms with Crippen molar-refractivity contribution in [2.24, 2.45) is 0 Å². The number of aliphatic carboxylic acids is 1. The van der Waals surface area contributed by atoms with Gasteiger partial charge in [-0.25, -0.2) is 4.79 Å². The molecule has 1 aromatic carbocycles. The number of alkyl halides is 2. The molecule has 1 aliphatic rings. The van der Waals surface area contributed by atoms with Gasteiger partial charge in [-0.05, 0) is 29.9 Å². The highest BCUT2D eigenvalue weighted by Gasteiger charge is 2.47. The second-order valence-electron chi connectivity index (χ2n) is 4.28. The molecule has 0 bridgehead atoms. The largest absolute Gasteiger partial charge is 0.477 e. The van der Waals surface area contributed by atoms with Crippen molar-refractivity contribution in [1.29, 1.82) is 0 Å². The van der Waals surface area contributed by atoms with E-state index in [2.05, 4.69) is 0 Å². The normalized spacial score (nSPS) is 17.8. The maximum Gasteiger partial charge on any atom is 0.377 e. The standard InChI is InChI=1S/C12H12F2O3/c13-12(14,11(16)17)10(15)9-3-1-2-8(6-9)7-4-5-7/h1-3,6-7,10,15H,4-5H2,(H,16,17). The van der Waals surface area contributed by atoms with E-state index in [0.717, 1.165) is 18.4 Å². The fourth-order valence-corrected chi connectivity index (χ4v) is 1.73. The Morgan fingerprint density at radius 3 is 2.59 bits per heavy atom. The molecule has 0 spiro atoms. The van der Waals surface area contributed by atoms with Crippen molar-refractivity contribution in [2.75, 3.05) is 0 Å². The first-order chi connectivity index (χ1) is 7.93. The molecule has 1 atom stereocenters. The van der Waals surface area contributed by atoms with E-state index in [4.69, 9.17) is 5.11 Å². The Morgan fingerprint density at radius 2 is 2.06 bits per heavy atom. The number of carboxylic acids is 1. The van der Waals surface area contributed by atoms with Crippen LogP contribution in [0.2, 0.25) is 0 Å². The number of benzene rings is 1.